The summed E-state index contributed by atoms with van der Waals surface area (Å²) in [5, 5.41) is 3.31. The first-order valence-corrected chi connectivity index (χ1v) is 11.8. The number of hydrogen-bond donors (Lipinski definition) is 1. The van der Waals surface area contributed by atoms with Gasteiger partial charge < -0.3 is 10.1 Å². The molecule has 2 aliphatic heterocycles. The Kier molecular flexibility index (Phi) is 7.09. The number of amides is 1. The highest BCUT2D eigenvalue weighted by atomic mass is 16.5. The van der Waals surface area contributed by atoms with Crippen molar-refractivity contribution in [2.24, 2.45) is 5.92 Å². The molecule has 166 valence electrons. The maximum absolute atomic E-state index is 13.4. The molecule has 0 aromatic heterocycles. The number of nitrogens with one attached hydrogen (secondary N) is 1. The summed E-state index contributed by atoms with van der Waals surface area (Å²) >= 11 is 0. The largest absolute Gasteiger partial charge is 0.381 e. The molecule has 2 aromatic carbocycles. The lowest BCUT2D eigenvalue weighted by molar-refractivity contribution is -0.130. The van der Waals surface area contributed by atoms with Crippen molar-refractivity contribution >= 4 is 5.91 Å². The van der Waals surface area contributed by atoms with E-state index in [0.29, 0.717) is 25.2 Å². The van der Waals surface area contributed by atoms with Gasteiger partial charge in [0, 0.05) is 38.9 Å². The molecule has 31 heavy (non-hydrogen) atoms. The van der Waals surface area contributed by atoms with E-state index >= 15 is 0 Å². The second-order valence-electron chi connectivity index (χ2n) is 9.42. The van der Waals surface area contributed by atoms with E-state index in [-0.39, 0.29) is 5.91 Å². The van der Waals surface area contributed by atoms with Gasteiger partial charge in [-0.1, -0.05) is 54.6 Å². The van der Waals surface area contributed by atoms with Gasteiger partial charge in [-0.2, -0.15) is 0 Å². The first kappa shape index (κ1) is 22.0. The molecule has 2 fully saturated rings. The van der Waals surface area contributed by atoms with Gasteiger partial charge >= 0.3 is 0 Å². The Morgan fingerprint density at radius 2 is 1.81 bits per heavy atom. The van der Waals surface area contributed by atoms with Gasteiger partial charge in [-0.05, 0) is 62.1 Å². The van der Waals surface area contributed by atoms with Crippen LogP contribution in [0.25, 0.3) is 0 Å². The zero-order valence-electron chi connectivity index (χ0n) is 19.0. The molecule has 2 aliphatic rings. The fourth-order valence-electron chi connectivity index (χ4n) is 5.47. The minimum atomic E-state index is -0.452. The number of ether oxygens (including phenoxy) is 1. The molecule has 4 heteroatoms. The maximum Gasteiger partial charge on any atom is 0.230 e. The van der Waals surface area contributed by atoms with Crippen molar-refractivity contribution in [3.63, 3.8) is 0 Å². The highest BCUT2D eigenvalue weighted by molar-refractivity contribution is 5.88. The van der Waals surface area contributed by atoms with Crippen molar-refractivity contribution in [2.45, 2.75) is 57.5 Å². The van der Waals surface area contributed by atoms with Gasteiger partial charge in [0.15, 0.2) is 0 Å². The Labute approximate surface area is 187 Å². The predicted octanol–water partition coefficient (Wildman–Crippen LogP) is 4.46. The summed E-state index contributed by atoms with van der Waals surface area (Å²) < 4.78 is 5.61. The van der Waals surface area contributed by atoms with E-state index in [4.69, 9.17) is 4.74 Å². The van der Waals surface area contributed by atoms with Gasteiger partial charge in [0.1, 0.15) is 0 Å². The lowest BCUT2D eigenvalue weighted by Gasteiger charge is -2.37. The van der Waals surface area contributed by atoms with Crippen LogP contribution in [0.1, 0.15) is 49.3 Å². The molecule has 0 aliphatic carbocycles. The molecule has 2 saturated heterocycles. The van der Waals surface area contributed by atoms with Gasteiger partial charge in [-0.15, -0.1) is 0 Å². The molecule has 2 heterocycles. The van der Waals surface area contributed by atoms with Crippen molar-refractivity contribution in [3.8, 4) is 0 Å². The molecule has 1 N–H and O–H groups in total. The van der Waals surface area contributed by atoms with Gasteiger partial charge in [-0.3, -0.25) is 9.69 Å². The second-order valence-corrected chi connectivity index (χ2v) is 9.42. The lowest BCUT2D eigenvalue weighted by Crippen LogP contribution is -2.48. The smallest absolute Gasteiger partial charge is 0.230 e. The fraction of sp³-hybridized carbons (Fsp3) is 0.519. The van der Waals surface area contributed by atoms with Crippen molar-refractivity contribution in [3.05, 3.63) is 71.3 Å². The number of likely N-dealkylation sites (tertiary alicyclic amines) is 1. The third kappa shape index (κ3) is 5.02. The minimum absolute atomic E-state index is 0.178. The van der Waals surface area contributed by atoms with Crippen LogP contribution in [0.5, 0.6) is 0 Å². The average molecular weight is 421 g/mol. The van der Waals surface area contributed by atoms with Gasteiger partial charge in [0.05, 0.1) is 5.41 Å². The van der Waals surface area contributed by atoms with E-state index in [2.05, 4.69) is 66.5 Å². The molecular formula is C27H36N2O2. The van der Waals surface area contributed by atoms with Crippen LogP contribution in [0.4, 0.5) is 0 Å². The van der Waals surface area contributed by atoms with Crippen LogP contribution >= 0.6 is 0 Å². The molecule has 0 spiro atoms. The standard InChI is InChI=1S/C27H36N2O2/c1-21-8-6-7-11-25(21)27(13-16-31-17-14-27)26(30)28-15-12-24-18-22(2)29(20-24)19-23-9-4-3-5-10-23/h3-11,22,24H,12-20H2,1-2H3,(H,28,30). The number of benzene rings is 2. The summed E-state index contributed by atoms with van der Waals surface area (Å²) in [6.07, 6.45) is 3.77. The van der Waals surface area contributed by atoms with Crippen LogP contribution < -0.4 is 5.32 Å². The third-order valence-electron chi connectivity index (χ3n) is 7.30. The maximum atomic E-state index is 13.4. The average Bonchev–Trinajstić information content (AvgIpc) is 3.14. The van der Waals surface area contributed by atoms with E-state index in [1.807, 2.05) is 12.1 Å². The Balaban J connectivity index is 1.33. The molecular weight excluding hydrogens is 384 g/mol. The van der Waals surface area contributed by atoms with Crippen molar-refractivity contribution in [1.82, 2.24) is 10.2 Å². The van der Waals surface area contributed by atoms with Gasteiger partial charge in [-0.25, -0.2) is 0 Å². The first-order valence-electron chi connectivity index (χ1n) is 11.8. The number of carbonyl (C=O) groups excluding carboxylic acids is 1. The minimum Gasteiger partial charge on any atom is -0.381 e. The van der Waals surface area contributed by atoms with Crippen LogP contribution in [0.3, 0.4) is 0 Å². The molecule has 0 bridgehead atoms. The summed E-state index contributed by atoms with van der Waals surface area (Å²) in [4.78, 5) is 16.0. The van der Waals surface area contributed by atoms with Crippen molar-refractivity contribution < 1.29 is 9.53 Å². The monoisotopic (exact) mass is 420 g/mol. The first-order chi connectivity index (χ1) is 15.1. The van der Waals surface area contributed by atoms with E-state index < -0.39 is 5.41 Å². The molecule has 4 nitrogen and oxygen atoms in total. The number of carbonyl (C=O) groups is 1. The Hall–Kier alpha value is -2.17. The second kappa shape index (κ2) is 9.97. The summed E-state index contributed by atoms with van der Waals surface area (Å²) in [6.45, 7) is 8.62. The third-order valence-corrected chi connectivity index (χ3v) is 7.30. The number of hydrogen-bond acceptors (Lipinski definition) is 3. The van der Waals surface area contributed by atoms with E-state index in [0.717, 1.165) is 38.9 Å². The quantitative estimate of drug-likeness (QED) is 0.719. The zero-order valence-corrected chi connectivity index (χ0v) is 19.0. The highest BCUT2D eigenvalue weighted by Gasteiger charge is 2.42. The molecule has 2 aromatic rings. The Morgan fingerprint density at radius 1 is 1.10 bits per heavy atom. The number of aryl methyl sites for hydroxylation is 1. The molecule has 1 amide bonds. The number of rotatable bonds is 7. The van der Waals surface area contributed by atoms with Crippen LogP contribution in [-0.4, -0.2) is 43.2 Å². The number of nitrogens with zero attached hydrogens (tertiary/aromatic N) is 1. The lowest BCUT2D eigenvalue weighted by atomic mass is 9.71. The molecule has 4 rings (SSSR count). The fourth-order valence-corrected chi connectivity index (χ4v) is 5.47. The Morgan fingerprint density at radius 3 is 2.55 bits per heavy atom. The topological polar surface area (TPSA) is 41.6 Å². The van der Waals surface area contributed by atoms with Crippen molar-refractivity contribution in [1.29, 1.82) is 0 Å². The SMILES string of the molecule is Cc1ccccc1C1(C(=O)NCCC2CC(C)N(Cc3ccccc3)C2)CCOCC1. The van der Waals surface area contributed by atoms with Crippen LogP contribution in [0.2, 0.25) is 0 Å². The normalized spacial score (nSPS) is 23.5. The predicted molar refractivity (Wildman–Crippen MR) is 125 cm³/mol. The summed E-state index contributed by atoms with van der Waals surface area (Å²) in [6, 6.07) is 19.6. The van der Waals surface area contributed by atoms with E-state index in [1.165, 1.54) is 23.1 Å². The summed E-state index contributed by atoms with van der Waals surface area (Å²) in [7, 11) is 0. The van der Waals surface area contributed by atoms with Crippen LogP contribution in [0.15, 0.2) is 54.6 Å². The van der Waals surface area contributed by atoms with Crippen LogP contribution in [0, 0.1) is 12.8 Å². The Bertz CT molecular complexity index is 861. The highest BCUT2D eigenvalue weighted by Crippen LogP contribution is 2.37. The van der Waals surface area contributed by atoms with Gasteiger partial charge in [0.2, 0.25) is 5.91 Å². The molecule has 2 unspecified atom stereocenters. The summed E-state index contributed by atoms with van der Waals surface area (Å²) in [5.41, 5.74) is 3.29. The molecule has 2 atom stereocenters. The zero-order chi connectivity index (χ0) is 21.7. The molecule has 0 saturated carbocycles. The van der Waals surface area contributed by atoms with Crippen molar-refractivity contribution in [2.75, 3.05) is 26.3 Å². The van der Waals surface area contributed by atoms with E-state index in [1.54, 1.807) is 0 Å². The summed E-state index contributed by atoms with van der Waals surface area (Å²) in [5.74, 6) is 0.820. The van der Waals surface area contributed by atoms with Crippen LogP contribution in [-0.2, 0) is 21.5 Å². The molecule has 0 radical (unpaired) electrons. The van der Waals surface area contributed by atoms with Gasteiger partial charge in [0.25, 0.3) is 0 Å². The van der Waals surface area contributed by atoms with E-state index in [9.17, 15) is 4.79 Å².